The lowest BCUT2D eigenvalue weighted by molar-refractivity contribution is 0.112. The summed E-state index contributed by atoms with van der Waals surface area (Å²) in [4.78, 5) is 10.7. The zero-order chi connectivity index (χ0) is 10.7. The number of aryl methyl sites for hydroxylation is 1. The minimum absolute atomic E-state index is 0.0252. The van der Waals surface area contributed by atoms with Gasteiger partial charge in [-0.2, -0.15) is 0 Å². The van der Waals surface area contributed by atoms with Crippen molar-refractivity contribution in [3.05, 3.63) is 22.8 Å². The molecule has 0 spiro atoms. The van der Waals surface area contributed by atoms with Crippen LogP contribution < -0.4 is 5.73 Å². The Balaban J connectivity index is 3.46. The highest BCUT2D eigenvalue weighted by molar-refractivity contribution is 5.83. The van der Waals surface area contributed by atoms with Crippen molar-refractivity contribution in [2.75, 3.05) is 5.73 Å². The minimum atomic E-state index is 0.0252. The molecule has 1 aromatic carbocycles. The Morgan fingerprint density at radius 3 is 2.50 bits per heavy atom. The Kier molecular flexibility index (Phi) is 3.12. The summed E-state index contributed by atoms with van der Waals surface area (Å²) in [7, 11) is 0. The Hall–Kier alpha value is -1.51. The van der Waals surface area contributed by atoms with E-state index in [0.717, 1.165) is 12.0 Å². The second kappa shape index (κ2) is 4.13. The molecule has 0 atom stereocenters. The molecule has 1 rings (SSSR count). The van der Waals surface area contributed by atoms with Crippen LogP contribution in [-0.2, 0) is 12.8 Å². The third-order valence-corrected chi connectivity index (χ3v) is 2.42. The predicted octanol–water partition coefficient (Wildman–Crippen LogP) is 1.91. The van der Waals surface area contributed by atoms with E-state index < -0.39 is 0 Å². The molecule has 0 aliphatic carbocycles. The number of hydrogen-bond acceptors (Lipinski definition) is 3. The van der Waals surface area contributed by atoms with Crippen molar-refractivity contribution in [2.24, 2.45) is 0 Å². The summed E-state index contributed by atoms with van der Waals surface area (Å²) in [5.41, 5.74) is 8.38. The molecule has 3 heteroatoms. The number of phenolic OH excluding ortho intramolecular Hbond substituents is 1. The Morgan fingerprint density at radius 1 is 1.43 bits per heavy atom. The van der Waals surface area contributed by atoms with Crippen LogP contribution in [0.25, 0.3) is 0 Å². The maximum Gasteiger partial charge on any atom is 0.153 e. The van der Waals surface area contributed by atoms with Gasteiger partial charge in [0.05, 0.1) is 5.56 Å². The standard InChI is InChI=1S/C11H15NO2/c1-3-7-5-8(6-13)11(14)9(4-2)10(7)12/h5-6,14H,3-4,12H2,1-2H3. The lowest BCUT2D eigenvalue weighted by Crippen LogP contribution is -2.01. The maximum atomic E-state index is 10.7. The average Bonchev–Trinajstić information content (AvgIpc) is 2.19. The third-order valence-electron chi connectivity index (χ3n) is 2.42. The number of nitrogens with two attached hydrogens (primary N) is 1. The average molecular weight is 193 g/mol. The summed E-state index contributed by atoms with van der Waals surface area (Å²) >= 11 is 0. The molecule has 14 heavy (non-hydrogen) atoms. The summed E-state index contributed by atoms with van der Waals surface area (Å²) in [5, 5.41) is 9.68. The zero-order valence-corrected chi connectivity index (χ0v) is 8.50. The highest BCUT2D eigenvalue weighted by Crippen LogP contribution is 2.30. The number of aromatic hydroxyl groups is 1. The quantitative estimate of drug-likeness (QED) is 0.569. The first-order chi connectivity index (χ1) is 6.65. The maximum absolute atomic E-state index is 10.7. The van der Waals surface area contributed by atoms with Crippen LogP contribution in [0, 0.1) is 0 Å². The summed E-state index contributed by atoms with van der Waals surface area (Å²) in [6.45, 7) is 3.87. The van der Waals surface area contributed by atoms with Gasteiger partial charge in [0.15, 0.2) is 6.29 Å². The van der Waals surface area contributed by atoms with E-state index in [1.807, 2.05) is 13.8 Å². The molecule has 3 nitrogen and oxygen atoms in total. The van der Waals surface area contributed by atoms with Crippen LogP contribution >= 0.6 is 0 Å². The largest absolute Gasteiger partial charge is 0.507 e. The van der Waals surface area contributed by atoms with Crippen LogP contribution in [0.15, 0.2) is 6.07 Å². The van der Waals surface area contributed by atoms with Crippen molar-refractivity contribution in [3.8, 4) is 5.75 Å². The van der Waals surface area contributed by atoms with Gasteiger partial charge in [-0.15, -0.1) is 0 Å². The van der Waals surface area contributed by atoms with Crippen LogP contribution in [0.4, 0.5) is 5.69 Å². The Labute approximate surface area is 83.6 Å². The summed E-state index contributed by atoms with van der Waals surface area (Å²) in [6, 6.07) is 1.65. The number of nitrogen functional groups attached to an aromatic ring is 1. The van der Waals surface area contributed by atoms with Crippen molar-refractivity contribution >= 4 is 12.0 Å². The smallest absolute Gasteiger partial charge is 0.153 e. The van der Waals surface area contributed by atoms with Gasteiger partial charge in [-0.1, -0.05) is 13.8 Å². The molecular weight excluding hydrogens is 178 g/mol. The number of hydrogen-bond donors (Lipinski definition) is 2. The summed E-state index contributed by atoms with van der Waals surface area (Å²) < 4.78 is 0. The van der Waals surface area contributed by atoms with E-state index in [9.17, 15) is 9.90 Å². The van der Waals surface area contributed by atoms with E-state index >= 15 is 0 Å². The lowest BCUT2D eigenvalue weighted by atomic mass is 9.98. The molecule has 0 amide bonds. The van der Waals surface area contributed by atoms with E-state index in [4.69, 9.17) is 5.73 Å². The number of phenols is 1. The fourth-order valence-corrected chi connectivity index (χ4v) is 1.57. The molecule has 0 saturated heterocycles. The van der Waals surface area contributed by atoms with E-state index in [0.29, 0.717) is 29.5 Å². The molecule has 0 unspecified atom stereocenters. The van der Waals surface area contributed by atoms with E-state index in [2.05, 4.69) is 0 Å². The van der Waals surface area contributed by atoms with Crippen LogP contribution in [0.1, 0.15) is 35.3 Å². The van der Waals surface area contributed by atoms with Gasteiger partial charge < -0.3 is 10.8 Å². The van der Waals surface area contributed by atoms with Crippen molar-refractivity contribution < 1.29 is 9.90 Å². The summed E-state index contributed by atoms with van der Waals surface area (Å²) in [6.07, 6.45) is 2.05. The number of rotatable bonds is 3. The van der Waals surface area contributed by atoms with Crippen molar-refractivity contribution in [1.82, 2.24) is 0 Å². The molecule has 0 fully saturated rings. The molecule has 0 radical (unpaired) electrons. The second-order valence-electron chi connectivity index (χ2n) is 3.19. The number of anilines is 1. The van der Waals surface area contributed by atoms with Crippen molar-refractivity contribution in [3.63, 3.8) is 0 Å². The fraction of sp³-hybridized carbons (Fsp3) is 0.364. The molecule has 0 aromatic heterocycles. The highest BCUT2D eigenvalue weighted by atomic mass is 16.3. The highest BCUT2D eigenvalue weighted by Gasteiger charge is 2.12. The SMILES string of the molecule is CCc1cc(C=O)c(O)c(CC)c1N. The first kappa shape index (κ1) is 10.6. The molecule has 3 N–H and O–H groups in total. The molecule has 0 heterocycles. The van der Waals surface area contributed by atoms with Crippen molar-refractivity contribution in [2.45, 2.75) is 26.7 Å². The molecule has 0 bridgehead atoms. The normalized spacial score (nSPS) is 10.1. The van der Waals surface area contributed by atoms with Gasteiger partial charge in [0, 0.05) is 11.3 Å². The number of carbonyl (C=O) groups is 1. The van der Waals surface area contributed by atoms with Crippen LogP contribution in [0.5, 0.6) is 5.75 Å². The Morgan fingerprint density at radius 2 is 2.07 bits per heavy atom. The predicted molar refractivity (Wildman–Crippen MR) is 56.7 cm³/mol. The molecule has 0 aliphatic rings. The first-order valence-corrected chi connectivity index (χ1v) is 4.74. The van der Waals surface area contributed by atoms with E-state index in [-0.39, 0.29) is 5.75 Å². The fourth-order valence-electron chi connectivity index (χ4n) is 1.57. The van der Waals surface area contributed by atoms with Crippen molar-refractivity contribution in [1.29, 1.82) is 0 Å². The van der Waals surface area contributed by atoms with E-state index in [1.54, 1.807) is 6.07 Å². The number of benzene rings is 1. The van der Waals surface area contributed by atoms with Gasteiger partial charge in [0.1, 0.15) is 5.75 Å². The summed E-state index contributed by atoms with van der Waals surface area (Å²) in [5.74, 6) is 0.0252. The second-order valence-corrected chi connectivity index (χ2v) is 3.19. The monoisotopic (exact) mass is 193 g/mol. The van der Waals surface area contributed by atoms with Gasteiger partial charge >= 0.3 is 0 Å². The van der Waals surface area contributed by atoms with Gasteiger partial charge in [-0.05, 0) is 24.5 Å². The molecule has 0 saturated carbocycles. The molecule has 76 valence electrons. The topological polar surface area (TPSA) is 63.3 Å². The van der Waals surface area contributed by atoms with Gasteiger partial charge in [0.2, 0.25) is 0 Å². The van der Waals surface area contributed by atoms with Gasteiger partial charge in [-0.25, -0.2) is 0 Å². The Bertz CT molecular complexity index is 359. The molecular formula is C11H15NO2. The van der Waals surface area contributed by atoms with Gasteiger partial charge in [-0.3, -0.25) is 4.79 Å². The van der Waals surface area contributed by atoms with Crippen LogP contribution in [0.2, 0.25) is 0 Å². The minimum Gasteiger partial charge on any atom is -0.507 e. The first-order valence-electron chi connectivity index (χ1n) is 4.74. The van der Waals surface area contributed by atoms with Gasteiger partial charge in [0.25, 0.3) is 0 Å². The van der Waals surface area contributed by atoms with Crippen LogP contribution in [0.3, 0.4) is 0 Å². The zero-order valence-electron chi connectivity index (χ0n) is 8.50. The molecule has 1 aromatic rings. The van der Waals surface area contributed by atoms with Crippen LogP contribution in [-0.4, -0.2) is 11.4 Å². The number of aldehydes is 1. The lowest BCUT2D eigenvalue weighted by Gasteiger charge is -2.12. The van der Waals surface area contributed by atoms with E-state index in [1.165, 1.54) is 0 Å². The third kappa shape index (κ3) is 1.58. The molecule has 0 aliphatic heterocycles. The number of carbonyl (C=O) groups excluding carboxylic acids is 1.